The number of terminal acetylenes is 1. The van der Waals surface area contributed by atoms with Gasteiger partial charge in [0.25, 0.3) is 0 Å². The highest BCUT2D eigenvalue weighted by Crippen LogP contribution is 2.40. The molecule has 2 N–H and O–H groups in total. The van der Waals surface area contributed by atoms with E-state index in [1.807, 2.05) is 25.1 Å². The van der Waals surface area contributed by atoms with Crippen molar-refractivity contribution in [2.75, 3.05) is 17.2 Å². The molecule has 0 aromatic heterocycles. The summed E-state index contributed by atoms with van der Waals surface area (Å²) in [6.45, 7) is 2.30. The number of hydrogen-bond acceptors (Lipinski definition) is 3. The van der Waals surface area contributed by atoms with Crippen LogP contribution in [0.15, 0.2) is 23.1 Å². The summed E-state index contributed by atoms with van der Waals surface area (Å²) in [5.74, 6) is 2.61. The Kier molecular flexibility index (Phi) is 3.30. The summed E-state index contributed by atoms with van der Waals surface area (Å²) in [5, 5.41) is -0.0422. The third-order valence-corrected chi connectivity index (χ3v) is 4.12. The normalized spacial score (nSPS) is 18.7. The van der Waals surface area contributed by atoms with Crippen LogP contribution in [-0.2, 0) is 4.79 Å². The van der Waals surface area contributed by atoms with Crippen molar-refractivity contribution in [2.45, 2.75) is 23.5 Å². The standard InChI is InChI=1S/C13H14N2OS/c1-3-7-15-10-8-9(14)5-6-12(10)17-11(4-2)13(15)16/h1,5-6,8,11H,4,7,14H2,2H3. The highest BCUT2D eigenvalue weighted by Gasteiger charge is 2.31. The van der Waals surface area contributed by atoms with Crippen LogP contribution in [0.5, 0.6) is 0 Å². The Labute approximate surface area is 105 Å². The summed E-state index contributed by atoms with van der Waals surface area (Å²) < 4.78 is 0. The lowest BCUT2D eigenvalue weighted by molar-refractivity contribution is -0.118. The van der Waals surface area contributed by atoms with Crippen molar-refractivity contribution < 1.29 is 4.79 Å². The van der Waals surface area contributed by atoms with E-state index in [9.17, 15) is 4.79 Å². The zero-order valence-corrected chi connectivity index (χ0v) is 10.5. The van der Waals surface area contributed by atoms with Crippen LogP contribution in [0.25, 0.3) is 0 Å². The van der Waals surface area contributed by atoms with Crippen LogP contribution in [-0.4, -0.2) is 17.7 Å². The van der Waals surface area contributed by atoms with Crippen LogP contribution in [0.3, 0.4) is 0 Å². The fourth-order valence-electron chi connectivity index (χ4n) is 1.85. The van der Waals surface area contributed by atoms with Gasteiger partial charge in [-0.3, -0.25) is 9.69 Å². The largest absolute Gasteiger partial charge is 0.399 e. The van der Waals surface area contributed by atoms with E-state index in [1.165, 1.54) is 0 Å². The van der Waals surface area contributed by atoms with Crippen LogP contribution < -0.4 is 10.6 Å². The zero-order valence-electron chi connectivity index (χ0n) is 9.64. The molecule has 0 spiro atoms. The van der Waals surface area contributed by atoms with Gasteiger partial charge in [-0.2, -0.15) is 0 Å². The Bertz CT molecular complexity index is 493. The lowest BCUT2D eigenvalue weighted by Gasteiger charge is -2.32. The van der Waals surface area contributed by atoms with Gasteiger partial charge in [-0.25, -0.2) is 0 Å². The van der Waals surface area contributed by atoms with Crippen LogP contribution in [0, 0.1) is 12.3 Å². The van der Waals surface area contributed by atoms with E-state index in [4.69, 9.17) is 12.2 Å². The molecule has 0 fully saturated rings. The lowest BCUT2D eigenvalue weighted by atomic mass is 10.2. The Morgan fingerprint density at radius 3 is 3.00 bits per heavy atom. The minimum atomic E-state index is -0.0422. The number of nitrogen functional groups attached to an aromatic ring is 1. The molecule has 0 aliphatic carbocycles. The zero-order chi connectivity index (χ0) is 12.4. The average molecular weight is 246 g/mol. The first-order valence-electron chi connectivity index (χ1n) is 5.48. The number of thioether (sulfide) groups is 1. The minimum absolute atomic E-state index is 0.0422. The molecular weight excluding hydrogens is 232 g/mol. The number of rotatable bonds is 2. The fraction of sp³-hybridized carbons (Fsp3) is 0.308. The van der Waals surface area contributed by atoms with Crippen LogP contribution >= 0.6 is 11.8 Å². The number of amides is 1. The molecule has 1 aromatic carbocycles. The Balaban J connectivity index is 2.47. The summed E-state index contributed by atoms with van der Waals surface area (Å²) in [5.41, 5.74) is 7.24. The predicted octanol–water partition coefficient (Wildman–Crippen LogP) is 2.12. The van der Waals surface area contributed by atoms with Crippen molar-refractivity contribution in [3.8, 4) is 12.3 Å². The molecule has 4 heteroatoms. The quantitative estimate of drug-likeness (QED) is 0.642. The maximum atomic E-state index is 12.2. The van der Waals surface area contributed by atoms with E-state index in [0.29, 0.717) is 12.2 Å². The van der Waals surface area contributed by atoms with Gasteiger partial charge in [0, 0.05) is 10.6 Å². The molecule has 88 valence electrons. The number of carbonyl (C=O) groups is 1. The van der Waals surface area contributed by atoms with Crippen LogP contribution in [0.4, 0.5) is 11.4 Å². The SMILES string of the molecule is C#CCN1C(=O)C(CC)Sc2ccc(N)cc21. The van der Waals surface area contributed by atoms with Gasteiger partial charge in [0.05, 0.1) is 17.5 Å². The highest BCUT2D eigenvalue weighted by molar-refractivity contribution is 8.01. The first kappa shape index (κ1) is 11.9. The fourth-order valence-corrected chi connectivity index (χ4v) is 2.99. The summed E-state index contributed by atoms with van der Waals surface area (Å²) in [7, 11) is 0. The van der Waals surface area contributed by atoms with E-state index in [-0.39, 0.29) is 11.2 Å². The van der Waals surface area contributed by atoms with Gasteiger partial charge in [0.1, 0.15) is 0 Å². The molecule has 17 heavy (non-hydrogen) atoms. The number of benzene rings is 1. The Morgan fingerprint density at radius 1 is 1.59 bits per heavy atom. The molecule has 0 saturated heterocycles. The van der Waals surface area contributed by atoms with E-state index in [2.05, 4.69) is 5.92 Å². The average Bonchev–Trinajstić information content (AvgIpc) is 2.33. The molecule has 1 aliphatic heterocycles. The third-order valence-electron chi connectivity index (χ3n) is 2.70. The molecule has 3 nitrogen and oxygen atoms in total. The molecule has 0 radical (unpaired) electrons. The second kappa shape index (κ2) is 4.72. The molecule has 0 bridgehead atoms. The maximum Gasteiger partial charge on any atom is 0.241 e. The predicted molar refractivity (Wildman–Crippen MR) is 72.0 cm³/mol. The van der Waals surface area contributed by atoms with E-state index >= 15 is 0 Å². The number of anilines is 2. The summed E-state index contributed by atoms with van der Waals surface area (Å²) >= 11 is 1.59. The molecule has 1 aromatic rings. The Hall–Kier alpha value is -1.60. The van der Waals surface area contributed by atoms with Crippen molar-refractivity contribution in [3.63, 3.8) is 0 Å². The van der Waals surface area contributed by atoms with Crippen LogP contribution in [0.1, 0.15) is 13.3 Å². The number of nitrogens with zero attached hydrogens (tertiary/aromatic N) is 1. The van der Waals surface area contributed by atoms with E-state index in [1.54, 1.807) is 16.7 Å². The molecule has 1 amide bonds. The summed E-state index contributed by atoms with van der Waals surface area (Å²) in [4.78, 5) is 14.9. The summed E-state index contributed by atoms with van der Waals surface area (Å²) in [6, 6.07) is 5.61. The second-order valence-electron chi connectivity index (χ2n) is 3.87. The van der Waals surface area contributed by atoms with Crippen molar-refractivity contribution in [1.82, 2.24) is 0 Å². The molecular formula is C13H14N2OS. The third kappa shape index (κ3) is 2.11. The summed E-state index contributed by atoms with van der Waals surface area (Å²) in [6.07, 6.45) is 6.12. The van der Waals surface area contributed by atoms with Gasteiger partial charge in [0.15, 0.2) is 0 Å². The molecule has 1 atom stereocenters. The molecule has 0 saturated carbocycles. The van der Waals surface area contributed by atoms with Crippen molar-refractivity contribution in [1.29, 1.82) is 0 Å². The van der Waals surface area contributed by atoms with Gasteiger partial charge >= 0.3 is 0 Å². The smallest absolute Gasteiger partial charge is 0.241 e. The Morgan fingerprint density at radius 2 is 2.35 bits per heavy atom. The van der Waals surface area contributed by atoms with E-state index < -0.39 is 0 Å². The maximum absolute atomic E-state index is 12.2. The van der Waals surface area contributed by atoms with Crippen molar-refractivity contribution in [3.05, 3.63) is 18.2 Å². The van der Waals surface area contributed by atoms with E-state index in [0.717, 1.165) is 17.0 Å². The van der Waals surface area contributed by atoms with Gasteiger partial charge in [-0.1, -0.05) is 12.8 Å². The van der Waals surface area contributed by atoms with Gasteiger partial charge < -0.3 is 5.73 Å². The monoisotopic (exact) mass is 246 g/mol. The van der Waals surface area contributed by atoms with Gasteiger partial charge in [-0.05, 0) is 24.6 Å². The number of fused-ring (bicyclic) bond motifs is 1. The first-order chi connectivity index (χ1) is 8.17. The topological polar surface area (TPSA) is 46.3 Å². The van der Waals surface area contributed by atoms with Crippen molar-refractivity contribution in [2.24, 2.45) is 0 Å². The number of hydrogen-bond donors (Lipinski definition) is 1. The van der Waals surface area contributed by atoms with Gasteiger partial charge in [-0.15, -0.1) is 18.2 Å². The van der Waals surface area contributed by atoms with Gasteiger partial charge in [0.2, 0.25) is 5.91 Å². The highest BCUT2D eigenvalue weighted by atomic mass is 32.2. The number of nitrogens with two attached hydrogens (primary N) is 1. The molecule has 1 unspecified atom stereocenters. The lowest BCUT2D eigenvalue weighted by Crippen LogP contribution is -2.41. The second-order valence-corrected chi connectivity index (χ2v) is 5.11. The number of carbonyl (C=O) groups excluding carboxylic acids is 1. The molecule has 1 heterocycles. The molecule has 2 rings (SSSR count). The van der Waals surface area contributed by atoms with Crippen molar-refractivity contribution >= 4 is 29.0 Å². The van der Waals surface area contributed by atoms with Crippen LogP contribution in [0.2, 0.25) is 0 Å². The molecule has 1 aliphatic rings. The first-order valence-corrected chi connectivity index (χ1v) is 6.36. The minimum Gasteiger partial charge on any atom is -0.399 e.